The van der Waals surface area contributed by atoms with Crippen molar-refractivity contribution < 1.29 is 8.42 Å². The summed E-state index contributed by atoms with van der Waals surface area (Å²) in [5.41, 5.74) is 4.57. The zero-order chi connectivity index (χ0) is 20.3. The fourth-order valence-electron chi connectivity index (χ4n) is 3.55. The zero-order valence-electron chi connectivity index (χ0n) is 16.4. The van der Waals surface area contributed by atoms with Crippen LogP contribution in [0.4, 0.5) is 0 Å². The lowest BCUT2D eigenvalue weighted by Gasteiger charge is -2.07. The van der Waals surface area contributed by atoms with E-state index in [4.69, 9.17) is 0 Å². The van der Waals surface area contributed by atoms with Crippen molar-refractivity contribution >= 4 is 20.9 Å². The first-order valence-corrected chi connectivity index (χ1v) is 11.2. The highest BCUT2D eigenvalue weighted by atomic mass is 32.2. The van der Waals surface area contributed by atoms with Crippen molar-refractivity contribution in [2.45, 2.75) is 24.8 Å². The summed E-state index contributed by atoms with van der Waals surface area (Å²) in [7, 11) is -3.50. The lowest BCUT2D eigenvalue weighted by atomic mass is 10.1. The molecule has 0 aliphatic carbocycles. The van der Waals surface area contributed by atoms with Crippen LogP contribution in [0.3, 0.4) is 0 Å². The highest BCUT2D eigenvalue weighted by Crippen LogP contribution is 2.23. The molecule has 0 unspecified atom stereocenters. The predicted octanol–water partition coefficient (Wildman–Crippen LogP) is 4.52. The minimum Gasteiger partial charge on any atom is -0.343 e. The van der Waals surface area contributed by atoms with Gasteiger partial charge in [0.2, 0.25) is 10.0 Å². The molecule has 0 saturated carbocycles. The van der Waals surface area contributed by atoms with E-state index < -0.39 is 10.0 Å². The second kappa shape index (κ2) is 8.23. The molecular formula is C24H24N2O2S. The molecule has 29 heavy (non-hydrogen) atoms. The maximum Gasteiger partial charge on any atom is 0.240 e. The molecule has 3 aromatic carbocycles. The largest absolute Gasteiger partial charge is 0.343 e. The van der Waals surface area contributed by atoms with Crippen molar-refractivity contribution in [1.82, 2.24) is 9.29 Å². The SMILES string of the molecule is Cc1ccc(S(=O)(=O)NCCc2cn(Cc3ccccc3)c3ccccc23)cc1. The molecule has 0 atom stereocenters. The number of sulfonamides is 1. The first-order valence-electron chi connectivity index (χ1n) is 9.70. The Morgan fingerprint density at radius 3 is 2.31 bits per heavy atom. The third-order valence-corrected chi connectivity index (χ3v) is 6.56. The van der Waals surface area contributed by atoms with Gasteiger partial charge < -0.3 is 4.57 Å². The Bertz CT molecular complexity index is 1210. The number of para-hydroxylation sites is 1. The van der Waals surface area contributed by atoms with Crippen LogP contribution in [0.2, 0.25) is 0 Å². The van der Waals surface area contributed by atoms with Crippen molar-refractivity contribution in [2.75, 3.05) is 6.54 Å². The molecule has 0 spiro atoms. The fourth-order valence-corrected chi connectivity index (χ4v) is 4.59. The van der Waals surface area contributed by atoms with Crippen molar-refractivity contribution in [3.05, 3.63) is 102 Å². The normalized spacial score (nSPS) is 11.8. The Kier molecular flexibility index (Phi) is 5.51. The Morgan fingerprint density at radius 1 is 0.862 bits per heavy atom. The average Bonchev–Trinajstić information content (AvgIpc) is 3.07. The highest BCUT2D eigenvalue weighted by molar-refractivity contribution is 7.89. The third kappa shape index (κ3) is 4.42. The van der Waals surface area contributed by atoms with E-state index in [1.165, 1.54) is 5.56 Å². The summed E-state index contributed by atoms with van der Waals surface area (Å²) in [4.78, 5) is 0.301. The Hall–Kier alpha value is -2.89. The van der Waals surface area contributed by atoms with E-state index in [1.807, 2.05) is 49.4 Å². The molecule has 0 radical (unpaired) electrons. The first-order chi connectivity index (χ1) is 14.0. The second-order valence-electron chi connectivity index (χ2n) is 7.25. The van der Waals surface area contributed by atoms with E-state index >= 15 is 0 Å². The summed E-state index contributed by atoms with van der Waals surface area (Å²) in [6, 6.07) is 25.5. The Balaban J connectivity index is 1.52. The standard InChI is InChI=1S/C24H24N2O2S/c1-19-11-13-22(14-12-19)29(27,28)25-16-15-21-18-26(17-20-7-3-2-4-8-20)24-10-6-5-9-23(21)24/h2-14,18,25H,15-17H2,1H3. The van der Waals surface area contributed by atoms with Gasteiger partial charge in [-0.3, -0.25) is 0 Å². The number of benzene rings is 3. The summed E-state index contributed by atoms with van der Waals surface area (Å²) in [5.74, 6) is 0. The van der Waals surface area contributed by atoms with Crippen molar-refractivity contribution in [3.8, 4) is 0 Å². The number of aryl methyl sites for hydroxylation is 1. The van der Waals surface area contributed by atoms with Gasteiger partial charge in [0.1, 0.15) is 0 Å². The molecule has 1 aromatic heterocycles. The number of hydrogen-bond donors (Lipinski definition) is 1. The van der Waals surface area contributed by atoms with Crippen LogP contribution in [0.1, 0.15) is 16.7 Å². The van der Waals surface area contributed by atoms with Crippen molar-refractivity contribution in [3.63, 3.8) is 0 Å². The van der Waals surface area contributed by atoms with Gasteiger partial charge in [0, 0.05) is 30.2 Å². The predicted molar refractivity (Wildman–Crippen MR) is 118 cm³/mol. The smallest absolute Gasteiger partial charge is 0.240 e. The number of fused-ring (bicyclic) bond motifs is 1. The molecule has 148 valence electrons. The Labute approximate surface area is 171 Å². The van der Waals surface area contributed by atoms with Crippen LogP contribution in [0.5, 0.6) is 0 Å². The van der Waals surface area contributed by atoms with Crippen LogP contribution in [0.15, 0.2) is 90.0 Å². The van der Waals surface area contributed by atoms with E-state index in [-0.39, 0.29) is 0 Å². The van der Waals surface area contributed by atoms with Crippen LogP contribution < -0.4 is 4.72 Å². The zero-order valence-corrected chi connectivity index (χ0v) is 17.2. The van der Waals surface area contributed by atoms with E-state index in [9.17, 15) is 8.42 Å². The summed E-state index contributed by atoms with van der Waals surface area (Å²) < 4.78 is 30.0. The third-order valence-electron chi connectivity index (χ3n) is 5.08. The molecule has 0 fully saturated rings. The van der Waals surface area contributed by atoms with Crippen LogP contribution in [0, 0.1) is 6.92 Å². The van der Waals surface area contributed by atoms with Gasteiger partial charge in [0.25, 0.3) is 0 Å². The number of hydrogen-bond acceptors (Lipinski definition) is 2. The summed E-state index contributed by atoms with van der Waals surface area (Å²) in [6.45, 7) is 3.08. The van der Waals surface area contributed by atoms with Crippen LogP contribution in [-0.4, -0.2) is 19.5 Å². The maximum absolute atomic E-state index is 12.5. The van der Waals surface area contributed by atoms with Crippen LogP contribution in [0.25, 0.3) is 10.9 Å². The molecule has 4 aromatic rings. The van der Waals surface area contributed by atoms with E-state index in [0.29, 0.717) is 17.9 Å². The minimum absolute atomic E-state index is 0.301. The molecule has 1 heterocycles. The highest BCUT2D eigenvalue weighted by Gasteiger charge is 2.14. The number of nitrogens with one attached hydrogen (secondary N) is 1. The van der Waals surface area contributed by atoms with E-state index in [0.717, 1.165) is 28.6 Å². The molecule has 0 saturated heterocycles. The minimum atomic E-state index is -3.50. The summed E-state index contributed by atoms with van der Waals surface area (Å²) in [5, 5.41) is 1.16. The van der Waals surface area contributed by atoms with Gasteiger partial charge in [-0.15, -0.1) is 0 Å². The van der Waals surface area contributed by atoms with Crippen LogP contribution in [-0.2, 0) is 23.0 Å². The van der Waals surface area contributed by atoms with Gasteiger partial charge in [-0.1, -0.05) is 66.2 Å². The quantitative estimate of drug-likeness (QED) is 0.492. The number of aromatic nitrogens is 1. The van der Waals surface area contributed by atoms with Crippen LogP contribution >= 0.6 is 0 Å². The average molecular weight is 405 g/mol. The van der Waals surface area contributed by atoms with E-state index in [2.05, 4.69) is 39.8 Å². The molecular weight excluding hydrogens is 380 g/mol. The molecule has 0 aliphatic heterocycles. The molecule has 0 aliphatic rings. The molecule has 0 amide bonds. The first kappa shape index (κ1) is 19.4. The topological polar surface area (TPSA) is 51.1 Å². The fraction of sp³-hybridized carbons (Fsp3) is 0.167. The summed E-state index contributed by atoms with van der Waals surface area (Å²) >= 11 is 0. The van der Waals surface area contributed by atoms with Gasteiger partial charge in [0.05, 0.1) is 4.90 Å². The number of nitrogens with zero attached hydrogens (tertiary/aromatic N) is 1. The van der Waals surface area contributed by atoms with Crippen molar-refractivity contribution in [2.24, 2.45) is 0 Å². The van der Waals surface area contributed by atoms with Gasteiger partial charge in [-0.05, 0) is 42.7 Å². The summed E-state index contributed by atoms with van der Waals surface area (Å²) in [6.07, 6.45) is 2.77. The Morgan fingerprint density at radius 2 is 1.55 bits per heavy atom. The lowest BCUT2D eigenvalue weighted by Crippen LogP contribution is -2.25. The van der Waals surface area contributed by atoms with Gasteiger partial charge in [0.15, 0.2) is 0 Å². The molecule has 0 bridgehead atoms. The van der Waals surface area contributed by atoms with Gasteiger partial charge in [-0.25, -0.2) is 13.1 Å². The number of rotatable bonds is 7. The van der Waals surface area contributed by atoms with E-state index in [1.54, 1.807) is 12.1 Å². The molecule has 4 rings (SSSR count). The van der Waals surface area contributed by atoms with Gasteiger partial charge >= 0.3 is 0 Å². The second-order valence-corrected chi connectivity index (χ2v) is 9.01. The van der Waals surface area contributed by atoms with Crippen molar-refractivity contribution in [1.29, 1.82) is 0 Å². The monoisotopic (exact) mass is 404 g/mol. The molecule has 5 heteroatoms. The molecule has 4 nitrogen and oxygen atoms in total. The maximum atomic E-state index is 12.5. The van der Waals surface area contributed by atoms with Gasteiger partial charge in [-0.2, -0.15) is 0 Å². The lowest BCUT2D eigenvalue weighted by molar-refractivity contribution is 0.581. The molecule has 1 N–H and O–H groups in total.